The molecule has 136 valence electrons. The van der Waals surface area contributed by atoms with Crippen LogP contribution in [0.5, 0.6) is 0 Å². The summed E-state index contributed by atoms with van der Waals surface area (Å²) < 4.78 is 27.8. The third-order valence-corrected chi connectivity index (χ3v) is 3.81. The number of urea groups is 1. The van der Waals surface area contributed by atoms with Gasteiger partial charge in [0.15, 0.2) is 0 Å². The minimum absolute atomic E-state index is 0.0335. The molecule has 0 saturated heterocycles. The lowest BCUT2D eigenvalue weighted by atomic mass is 10.0. The number of hydrogen-bond acceptors (Lipinski definition) is 3. The number of halogens is 2. The summed E-state index contributed by atoms with van der Waals surface area (Å²) in [5, 5.41) is 4.96. The number of primary amides is 1. The van der Waals surface area contributed by atoms with Crippen LogP contribution in [0.3, 0.4) is 0 Å². The number of carbonyl (C=O) groups is 2. The summed E-state index contributed by atoms with van der Waals surface area (Å²) in [6.07, 6.45) is 0. The first-order valence-corrected chi connectivity index (χ1v) is 7.83. The molecule has 0 radical (unpaired) electrons. The topological polar surface area (TPSA) is 102 Å². The molecule has 1 aromatic heterocycles. The molecule has 0 bridgehead atoms. The van der Waals surface area contributed by atoms with Crippen molar-refractivity contribution in [3.8, 4) is 0 Å². The Morgan fingerprint density at radius 1 is 1.16 bits per heavy atom. The number of nitrogens with zero attached hydrogens (tertiary/aromatic N) is 2. The number of aromatic nitrogens is 2. The molecule has 0 spiro atoms. The Morgan fingerprint density at radius 3 is 2.36 bits per heavy atom. The maximum Gasteiger partial charge on any atom is 0.320 e. The largest absolute Gasteiger partial charge is 0.352 e. The quantitative estimate of drug-likeness (QED) is 0.742. The van der Waals surface area contributed by atoms with Crippen LogP contribution in [-0.2, 0) is 4.79 Å². The van der Waals surface area contributed by atoms with E-state index in [9.17, 15) is 18.4 Å². The lowest BCUT2D eigenvalue weighted by molar-refractivity contribution is -0.124. The van der Waals surface area contributed by atoms with Crippen LogP contribution in [-0.4, -0.2) is 27.5 Å². The Kier molecular flexibility index (Phi) is 5.55. The lowest BCUT2D eigenvalue weighted by Gasteiger charge is -2.23. The van der Waals surface area contributed by atoms with Gasteiger partial charge in [0.05, 0.1) is 17.1 Å². The SMILES string of the molecule is CC(NC(=O)[C@@H](NC(N)=O)C(C)C)c1nc2ccccc2n1C(F)F. The van der Waals surface area contributed by atoms with Gasteiger partial charge in [0.25, 0.3) is 0 Å². The van der Waals surface area contributed by atoms with Gasteiger partial charge in [-0.15, -0.1) is 0 Å². The number of amides is 3. The Bertz CT molecular complexity index is 775. The van der Waals surface area contributed by atoms with Gasteiger partial charge in [0, 0.05) is 0 Å². The average Bonchev–Trinajstić information content (AvgIpc) is 2.91. The summed E-state index contributed by atoms with van der Waals surface area (Å²) in [6.45, 7) is 2.23. The molecule has 0 aliphatic rings. The van der Waals surface area contributed by atoms with Crippen molar-refractivity contribution in [3.05, 3.63) is 30.1 Å². The summed E-state index contributed by atoms with van der Waals surface area (Å²) in [5.41, 5.74) is 5.77. The van der Waals surface area contributed by atoms with Crippen molar-refractivity contribution in [2.24, 2.45) is 11.7 Å². The fourth-order valence-electron chi connectivity index (χ4n) is 2.63. The second kappa shape index (κ2) is 7.45. The highest BCUT2D eigenvalue weighted by atomic mass is 19.3. The van der Waals surface area contributed by atoms with Crippen LogP contribution in [0, 0.1) is 5.92 Å². The first-order valence-electron chi connectivity index (χ1n) is 7.83. The summed E-state index contributed by atoms with van der Waals surface area (Å²) in [7, 11) is 0. The number of hydrogen-bond donors (Lipinski definition) is 3. The molecule has 0 fully saturated rings. The van der Waals surface area contributed by atoms with Gasteiger partial charge in [-0.25, -0.2) is 9.78 Å². The van der Waals surface area contributed by atoms with Crippen molar-refractivity contribution in [3.63, 3.8) is 0 Å². The third-order valence-electron chi connectivity index (χ3n) is 3.81. The number of rotatable bonds is 6. The van der Waals surface area contributed by atoms with Crippen molar-refractivity contribution < 1.29 is 18.4 Å². The minimum atomic E-state index is -2.80. The molecular weight excluding hydrogens is 332 g/mol. The number of benzene rings is 1. The van der Waals surface area contributed by atoms with Crippen molar-refractivity contribution in [1.29, 1.82) is 0 Å². The van der Waals surface area contributed by atoms with Crippen LogP contribution >= 0.6 is 0 Å². The van der Waals surface area contributed by atoms with Crippen LogP contribution in [0.1, 0.15) is 39.2 Å². The van der Waals surface area contributed by atoms with Gasteiger partial charge < -0.3 is 16.4 Å². The predicted octanol–water partition coefficient (Wildman–Crippen LogP) is 2.30. The number of para-hydroxylation sites is 2. The molecule has 2 rings (SSSR count). The van der Waals surface area contributed by atoms with Gasteiger partial charge in [0.2, 0.25) is 5.91 Å². The van der Waals surface area contributed by atoms with Crippen molar-refractivity contribution in [2.75, 3.05) is 0 Å². The van der Waals surface area contributed by atoms with Crippen LogP contribution in [0.2, 0.25) is 0 Å². The highest BCUT2D eigenvalue weighted by molar-refractivity contribution is 5.87. The fraction of sp³-hybridized carbons (Fsp3) is 0.438. The van der Waals surface area contributed by atoms with Crippen LogP contribution in [0.25, 0.3) is 11.0 Å². The lowest BCUT2D eigenvalue weighted by Crippen LogP contribution is -2.51. The number of fused-ring (bicyclic) bond motifs is 1. The minimum Gasteiger partial charge on any atom is -0.352 e. The fourth-order valence-corrected chi connectivity index (χ4v) is 2.63. The van der Waals surface area contributed by atoms with Crippen molar-refractivity contribution in [1.82, 2.24) is 20.2 Å². The maximum absolute atomic E-state index is 13.5. The van der Waals surface area contributed by atoms with E-state index in [1.165, 1.54) is 6.07 Å². The predicted molar refractivity (Wildman–Crippen MR) is 88.9 cm³/mol. The monoisotopic (exact) mass is 353 g/mol. The standard InChI is InChI=1S/C16H21F2N5O2/c1-8(2)12(22-16(19)25)14(24)20-9(3)13-21-10-6-4-5-7-11(10)23(13)15(17)18/h4-9,12,15H,1-3H3,(H,20,24)(H3,19,22,25)/t9?,12-/m0/s1. The van der Waals surface area contributed by atoms with Gasteiger partial charge in [-0.2, -0.15) is 8.78 Å². The maximum atomic E-state index is 13.5. The third kappa shape index (κ3) is 4.04. The highest BCUT2D eigenvalue weighted by Crippen LogP contribution is 2.26. The van der Waals surface area contributed by atoms with Gasteiger partial charge in [-0.3, -0.25) is 9.36 Å². The summed E-state index contributed by atoms with van der Waals surface area (Å²) in [4.78, 5) is 27.7. The molecule has 1 unspecified atom stereocenters. The molecule has 2 atom stereocenters. The first kappa shape index (κ1) is 18.6. The number of carbonyl (C=O) groups excluding carboxylic acids is 2. The zero-order valence-electron chi connectivity index (χ0n) is 14.2. The van der Waals surface area contributed by atoms with Crippen LogP contribution < -0.4 is 16.4 Å². The van der Waals surface area contributed by atoms with Crippen molar-refractivity contribution in [2.45, 2.75) is 39.4 Å². The second-order valence-corrected chi connectivity index (χ2v) is 6.07. The number of nitrogens with two attached hydrogens (primary N) is 1. The summed E-state index contributed by atoms with van der Waals surface area (Å²) >= 11 is 0. The molecule has 4 N–H and O–H groups in total. The smallest absolute Gasteiger partial charge is 0.320 e. The van der Waals surface area contributed by atoms with Crippen LogP contribution in [0.4, 0.5) is 13.6 Å². The van der Waals surface area contributed by atoms with Gasteiger partial charge >= 0.3 is 12.6 Å². The Hall–Kier alpha value is -2.71. The van der Waals surface area contributed by atoms with E-state index in [1.807, 2.05) is 0 Å². The van der Waals surface area contributed by atoms with E-state index in [-0.39, 0.29) is 17.3 Å². The Balaban J connectivity index is 2.30. The van der Waals surface area contributed by atoms with Gasteiger partial charge in [0.1, 0.15) is 11.9 Å². The summed E-state index contributed by atoms with van der Waals surface area (Å²) in [5.74, 6) is -0.714. The van der Waals surface area contributed by atoms with E-state index in [4.69, 9.17) is 5.73 Å². The molecule has 0 aliphatic heterocycles. The second-order valence-electron chi connectivity index (χ2n) is 6.07. The molecule has 1 aromatic carbocycles. The average molecular weight is 353 g/mol. The zero-order chi connectivity index (χ0) is 18.7. The van der Waals surface area contributed by atoms with E-state index in [1.54, 1.807) is 39.0 Å². The van der Waals surface area contributed by atoms with Crippen LogP contribution in [0.15, 0.2) is 24.3 Å². The number of imidazole rings is 1. The molecule has 2 aromatic rings. The molecule has 0 saturated carbocycles. The molecule has 9 heteroatoms. The molecule has 0 aliphatic carbocycles. The number of alkyl halides is 2. The first-order chi connectivity index (χ1) is 11.7. The Labute approximate surface area is 143 Å². The van der Waals surface area contributed by atoms with Crippen molar-refractivity contribution >= 4 is 23.0 Å². The van der Waals surface area contributed by atoms with E-state index >= 15 is 0 Å². The zero-order valence-corrected chi connectivity index (χ0v) is 14.2. The van der Waals surface area contributed by atoms with E-state index in [0.29, 0.717) is 5.52 Å². The summed E-state index contributed by atoms with van der Waals surface area (Å²) in [6, 6.07) is 4.01. The molecular formula is C16H21F2N5O2. The number of nitrogens with one attached hydrogen (secondary N) is 2. The molecule has 7 nitrogen and oxygen atoms in total. The van der Waals surface area contributed by atoms with E-state index in [0.717, 1.165) is 4.57 Å². The van der Waals surface area contributed by atoms with Gasteiger partial charge in [-0.05, 0) is 25.0 Å². The Morgan fingerprint density at radius 2 is 1.80 bits per heavy atom. The molecule has 25 heavy (non-hydrogen) atoms. The van der Waals surface area contributed by atoms with E-state index in [2.05, 4.69) is 15.6 Å². The normalized spacial score (nSPS) is 13.9. The van der Waals surface area contributed by atoms with Gasteiger partial charge in [-0.1, -0.05) is 26.0 Å². The molecule has 1 heterocycles. The highest BCUT2D eigenvalue weighted by Gasteiger charge is 2.28. The molecule has 3 amide bonds. The van der Waals surface area contributed by atoms with E-state index < -0.39 is 30.6 Å².